The summed E-state index contributed by atoms with van der Waals surface area (Å²) in [6.07, 6.45) is 0.168. The van der Waals surface area contributed by atoms with Crippen LogP contribution in [-0.4, -0.2) is 37.6 Å². The first-order valence-corrected chi connectivity index (χ1v) is 8.06. The highest BCUT2D eigenvalue weighted by atomic mass is 32.2. The van der Waals surface area contributed by atoms with Crippen molar-refractivity contribution in [3.8, 4) is 6.07 Å². The molecule has 5 nitrogen and oxygen atoms in total. The summed E-state index contributed by atoms with van der Waals surface area (Å²) in [4.78, 5) is 13.2. The Morgan fingerprint density at radius 3 is 2.23 bits per heavy atom. The second-order valence-corrected chi connectivity index (χ2v) is 6.75. The van der Waals surface area contributed by atoms with Gasteiger partial charge in [-0.05, 0) is 38.1 Å². The number of nitrogens with zero attached hydrogens (tertiary/aromatic N) is 2. The molecule has 0 aliphatic heterocycles. The summed E-state index contributed by atoms with van der Waals surface area (Å²) in [5.74, 6) is -3.89. The second-order valence-electron chi connectivity index (χ2n) is 4.83. The van der Waals surface area contributed by atoms with E-state index in [-0.39, 0.29) is 30.5 Å². The fraction of sp³-hybridized carbons (Fsp3) is 0.429. The van der Waals surface area contributed by atoms with E-state index in [2.05, 4.69) is 0 Å². The Morgan fingerprint density at radius 2 is 1.82 bits per heavy atom. The standard InChI is InChI=1S/C14H16F2N2O3S/c1-10(2)18(9-3-8-17)13(19)11-4-6-12(7-5-11)22(20,21)14(15)16/h4-7,10,14H,3,9H2,1-2H3. The molecule has 0 fully saturated rings. The van der Waals surface area contributed by atoms with Crippen molar-refractivity contribution in [3.63, 3.8) is 0 Å². The molecular weight excluding hydrogens is 314 g/mol. The van der Waals surface area contributed by atoms with Crippen molar-refractivity contribution >= 4 is 15.7 Å². The van der Waals surface area contributed by atoms with Crippen molar-refractivity contribution in [1.29, 1.82) is 5.26 Å². The maximum atomic E-state index is 12.4. The van der Waals surface area contributed by atoms with E-state index in [4.69, 9.17) is 5.26 Å². The fourth-order valence-corrected chi connectivity index (χ4v) is 2.54. The van der Waals surface area contributed by atoms with E-state index < -0.39 is 20.5 Å². The number of alkyl halides is 2. The van der Waals surface area contributed by atoms with E-state index in [0.717, 1.165) is 12.1 Å². The van der Waals surface area contributed by atoms with Crippen LogP contribution >= 0.6 is 0 Å². The van der Waals surface area contributed by atoms with Crippen molar-refractivity contribution in [1.82, 2.24) is 4.90 Å². The molecular formula is C14H16F2N2O3S. The average Bonchev–Trinajstić information content (AvgIpc) is 2.47. The highest BCUT2D eigenvalue weighted by molar-refractivity contribution is 7.91. The van der Waals surface area contributed by atoms with Crippen LogP contribution in [0.1, 0.15) is 30.6 Å². The Morgan fingerprint density at radius 1 is 1.27 bits per heavy atom. The highest BCUT2D eigenvalue weighted by Gasteiger charge is 2.27. The van der Waals surface area contributed by atoms with E-state index in [1.54, 1.807) is 13.8 Å². The third kappa shape index (κ3) is 4.01. The number of halogens is 2. The predicted molar refractivity (Wildman–Crippen MR) is 76.0 cm³/mol. The molecule has 120 valence electrons. The molecule has 0 aromatic heterocycles. The Labute approximate surface area is 128 Å². The zero-order valence-electron chi connectivity index (χ0n) is 12.2. The Bertz CT molecular complexity index is 664. The summed E-state index contributed by atoms with van der Waals surface area (Å²) in [7, 11) is -4.67. The molecule has 0 atom stereocenters. The van der Waals surface area contributed by atoms with E-state index in [1.165, 1.54) is 17.0 Å². The maximum Gasteiger partial charge on any atom is 0.341 e. The number of sulfone groups is 1. The van der Waals surface area contributed by atoms with Crippen molar-refractivity contribution in [3.05, 3.63) is 29.8 Å². The van der Waals surface area contributed by atoms with Gasteiger partial charge in [-0.25, -0.2) is 8.42 Å². The first kappa shape index (κ1) is 18.0. The topological polar surface area (TPSA) is 78.2 Å². The molecule has 1 rings (SSSR count). The number of hydrogen-bond donors (Lipinski definition) is 0. The number of carbonyl (C=O) groups excluding carboxylic acids is 1. The van der Waals surface area contributed by atoms with Crippen molar-refractivity contribution in [2.45, 2.75) is 37.0 Å². The molecule has 0 aliphatic carbocycles. The molecule has 0 aliphatic rings. The molecule has 8 heteroatoms. The second kappa shape index (κ2) is 7.31. The van der Waals surface area contributed by atoms with Crippen LogP contribution in [0.5, 0.6) is 0 Å². The van der Waals surface area contributed by atoms with E-state index in [0.29, 0.717) is 0 Å². The van der Waals surface area contributed by atoms with Crippen LogP contribution in [0, 0.1) is 11.3 Å². The van der Waals surface area contributed by atoms with Crippen LogP contribution in [0.3, 0.4) is 0 Å². The lowest BCUT2D eigenvalue weighted by Crippen LogP contribution is -2.37. The minimum absolute atomic E-state index is 0.148. The van der Waals surface area contributed by atoms with Crippen LogP contribution in [0.4, 0.5) is 8.78 Å². The molecule has 0 saturated carbocycles. The first-order valence-electron chi connectivity index (χ1n) is 6.51. The quantitative estimate of drug-likeness (QED) is 0.802. The molecule has 0 N–H and O–H groups in total. The highest BCUT2D eigenvalue weighted by Crippen LogP contribution is 2.19. The molecule has 1 aromatic carbocycles. The normalized spacial score (nSPS) is 11.5. The third-order valence-corrected chi connectivity index (χ3v) is 4.41. The smallest absolute Gasteiger partial charge is 0.335 e. The van der Waals surface area contributed by atoms with Crippen molar-refractivity contribution < 1.29 is 22.0 Å². The van der Waals surface area contributed by atoms with E-state index in [1.807, 2.05) is 6.07 Å². The molecule has 0 heterocycles. The lowest BCUT2D eigenvalue weighted by Gasteiger charge is -2.26. The summed E-state index contributed by atoms with van der Waals surface area (Å²) in [6.45, 7) is 3.81. The Hall–Kier alpha value is -2.01. The summed E-state index contributed by atoms with van der Waals surface area (Å²) < 4.78 is 47.5. The molecule has 0 bridgehead atoms. The van der Waals surface area contributed by atoms with Crippen LogP contribution in [0.2, 0.25) is 0 Å². The van der Waals surface area contributed by atoms with Gasteiger partial charge in [0.15, 0.2) is 0 Å². The number of carbonyl (C=O) groups is 1. The largest absolute Gasteiger partial charge is 0.341 e. The number of rotatable bonds is 6. The summed E-state index contributed by atoms with van der Waals surface area (Å²) in [5.41, 5.74) is 0.180. The molecule has 22 heavy (non-hydrogen) atoms. The van der Waals surface area contributed by atoms with Crippen molar-refractivity contribution in [2.24, 2.45) is 0 Å². The summed E-state index contributed by atoms with van der Waals surface area (Å²) in [6, 6.07) is 6.15. The lowest BCUT2D eigenvalue weighted by molar-refractivity contribution is 0.0710. The molecule has 0 unspecified atom stereocenters. The van der Waals surface area contributed by atoms with Crippen LogP contribution in [0.15, 0.2) is 29.2 Å². The van der Waals surface area contributed by atoms with Gasteiger partial charge in [-0.1, -0.05) is 0 Å². The zero-order chi connectivity index (χ0) is 16.9. The van der Waals surface area contributed by atoms with Crippen molar-refractivity contribution in [2.75, 3.05) is 6.54 Å². The average molecular weight is 330 g/mol. The van der Waals surface area contributed by atoms with Gasteiger partial charge in [-0.3, -0.25) is 4.79 Å². The van der Waals surface area contributed by atoms with Gasteiger partial charge in [0.2, 0.25) is 9.84 Å². The minimum Gasteiger partial charge on any atom is -0.335 e. The van der Waals surface area contributed by atoms with Crippen LogP contribution < -0.4 is 0 Å². The maximum absolute atomic E-state index is 12.4. The minimum atomic E-state index is -4.67. The van der Waals surface area contributed by atoms with Crippen LogP contribution in [0.25, 0.3) is 0 Å². The predicted octanol–water partition coefficient (Wildman–Crippen LogP) is 2.45. The van der Waals surface area contributed by atoms with Crippen LogP contribution in [-0.2, 0) is 9.84 Å². The van der Waals surface area contributed by atoms with Gasteiger partial charge in [0.25, 0.3) is 5.91 Å². The summed E-state index contributed by atoms with van der Waals surface area (Å²) >= 11 is 0. The van der Waals surface area contributed by atoms with Gasteiger partial charge in [-0.2, -0.15) is 14.0 Å². The Balaban J connectivity index is 3.03. The molecule has 1 aromatic rings. The van der Waals surface area contributed by atoms with E-state index >= 15 is 0 Å². The number of hydrogen-bond acceptors (Lipinski definition) is 4. The molecule has 0 radical (unpaired) electrons. The van der Waals surface area contributed by atoms with Gasteiger partial charge in [0, 0.05) is 18.2 Å². The van der Waals surface area contributed by atoms with Gasteiger partial charge in [-0.15, -0.1) is 0 Å². The monoisotopic (exact) mass is 330 g/mol. The van der Waals surface area contributed by atoms with Gasteiger partial charge < -0.3 is 4.90 Å². The number of benzene rings is 1. The molecule has 1 amide bonds. The number of nitriles is 1. The van der Waals surface area contributed by atoms with Gasteiger partial charge in [0.05, 0.1) is 17.4 Å². The van der Waals surface area contributed by atoms with Gasteiger partial charge in [0.1, 0.15) is 0 Å². The fourth-order valence-electron chi connectivity index (χ4n) is 1.82. The number of amides is 1. The summed E-state index contributed by atoms with van der Waals surface area (Å²) in [5, 5.41) is 8.60. The Kier molecular flexibility index (Phi) is 6.00. The first-order chi connectivity index (χ1) is 10.2. The SMILES string of the molecule is CC(C)N(CCC#N)C(=O)c1ccc(S(=O)(=O)C(F)F)cc1. The third-order valence-electron chi connectivity index (χ3n) is 3.01. The molecule has 0 spiro atoms. The lowest BCUT2D eigenvalue weighted by atomic mass is 10.1. The molecule has 0 saturated heterocycles. The van der Waals surface area contributed by atoms with E-state index in [9.17, 15) is 22.0 Å². The van der Waals surface area contributed by atoms with Gasteiger partial charge >= 0.3 is 5.76 Å². The zero-order valence-corrected chi connectivity index (χ0v) is 13.0.